The minimum Gasteiger partial charge on any atom is -0.374 e. The van der Waals surface area contributed by atoms with Gasteiger partial charge in [-0.1, -0.05) is 31.4 Å². The molecule has 3 aliphatic rings. The van der Waals surface area contributed by atoms with Crippen LogP contribution in [-0.2, 0) is 16.1 Å². The molecule has 1 unspecified atom stereocenters. The fourth-order valence-electron chi connectivity index (χ4n) is 4.61. The van der Waals surface area contributed by atoms with Crippen molar-refractivity contribution in [3.63, 3.8) is 0 Å². The number of anilines is 1. The highest BCUT2D eigenvalue weighted by Crippen LogP contribution is 2.58. The van der Waals surface area contributed by atoms with Crippen molar-refractivity contribution in [2.75, 3.05) is 18.4 Å². The average molecular weight is 342 g/mol. The maximum atomic E-state index is 12.6. The minimum atomic E-state index is 0.201. The Balaban J connectivity index is 1.30. The third kappa shape index (κ3) is 4.06. The lowest BCUT2D eigenvalue weighted by molar-refractivity contribution is -0.118. The van der Waals surface area contributed by atoms with Gasteiger partial charge in [-0.3, -0.25) is 4.79 Å². The number of rotatable bonds is 5. The van der Waals surface area contributed by atoms with Crippen LogP contribution in [0.2, 0.25) is 0 Å². The monoisotopic (exact) mass is 342 g/mol. The van der Waals surface area contributed by atoms with E-state index in [1.54, 1.807) is 0 Å². The normalized spacial score (nSPS) is 25.7. The molecule has 0 radical (unpaired) electrons. The summed E-state index contributed by atoms with van der Waals surface area (Å²) in [5, 5.41) is 6.53. The van der Waals surface area contributed by atoms with E-state index in [1.165, 1.54) is 32.1 Å². The van der Waals surface area contributed by atoms with Gasteiger partial charge >= 0.3 is 0 Å². The van der Waals surface area contributed by atoms with Gasteiger partial charge in [0.1, 0.15) is 0 Å². The van der Waals surface area contributed by atoms with Crippen LogP contribution in [0, 0.1) is 11.3 Å². The second-order valence-corrected chi connectivity index (χ2v) is 8.13. The van der Waals surface area contributed by atoms with Crippen LogP contribution in [0.25, 0.3) is 0 Å². The Bertz CT molecular complexity index is 604. The Morgan fingerprint density at radius 2 is 2.00 bits per heavy atom. The number of hydrogen-bond donors (Lipinski definition) is 2. The Labute approximate surface area is 150 Å². The SMILES string of the molecule is O=C(Nc1cccc(COC2CCCCC2)c1)C1CC12CCNCC2. The molecule has 2 N–H and O–H groups in total. The summed E-state index contributed by atoms with van der Waals surface area (Å²) in [6, 6.07) is 8.16. The molecule has 1 atom stereocenters. The van der Waals surface area contributed by atoms with Gasteiger partial charge in [-0.2, -0.15) is 0 Å². The van der Waals surface area contributed by atoms with Crippen LogP contribution in [0.3, 0.4) is 0 Å². The van der Waals surface area contributed by atoms with Crippen LogP contribution in [0.4, 0.5) is 5.69 Å². The van der Waals surface area contributed by atoms with E-state index < -0.39 is 0 Å². The number of carbonyl (C=O) groups is 1. The molecule has 0 bridgehead atoms. The van der Waals surface area contributed by atoms with Gasteiger partial charge in [-0.15, -0.1) is 0 Å². The van der Waals surface area contributed by atoms with Crippen molar-refractivity contribution in [2.45, 2.75) is 64.1 Å². The molecule has 2 aliphatic carbocycles. The van der Waals surface area contributed by atoms with Gasteiger partial charge in [0.2, 0.25) is 5.91 Å². The highest BCUT2D eigenvalue weighted by Gasteiger charge is 2.57. The summed E-state index contributed by atoms with van der Waals surface area (Å²) in [6.07, 6.45) is 10.1. The van der Waals surface area contributed by atoms with Gasteiger partial charge in [0.25, 0.3) is 0 Å². The topological polar surface area (TPSA) is 50.4 Å². The van der Waals surface area contributed by atoms with Crippen LogP contribution >= 0.6 is 0 Å². The number of ether oxygens (including phenoxy) is 1. The van der Waals surface area contributed by atoms with E-state index in [9.17, 15) is 4.79 Å². The molecule has 1 heterocycles. The number of benzene rings is 1. The van der Waals surface area contributed by atoms with Gasteiger partial charge < -0.3 is 15.4 Å². The predicted molar refractivity (Wildman–Crippen MR) is 99.4 cm³/mol. The highest BCUT2D eigenvalue weighted by atomic mass is 16.5. The van der Waals surface area contributed by atoms with Crippen molar-refractivity contribution in [3.05, 3.63) is 29.8 Å². The van der Waals surface area contributed by atoms with E-state index in [-0.39, 0.29) is 17.2 Å². The highest BCUT2D eigenvalue weighted by molar-refractivity contribution is 5.95. The number of nitrogens with one attached hydrogen (secondary N) is 2. The van der Waals surface area contributed by atoms with Crippen molar-refractivity contribution in [3.8, 4) is 0 Å². The summed E-state index contributed by atoms with van der Waals surface area (Å²) < 4.78 is 6.06. The van der Waals surface area contributed by atoms with Crippen LogP contribution in [0.5, 0.6) is 0 Å². The van der Waals surface area contributed by atoms with Gasteiger partial charge in [-0.05, 0) is 68.3 Å². The lowest BCUT2D eigenvalue weighted by Gasteiger charge is -2.23. The first-order valence-electron chi connectivity index (χ1n) is 9.97. The Hall–Kier alpha value is -1.39. The summed E-state index contributed by atoms with van der Waals surface area (Å²) in [7, 11) is 0. The zero-order valence-electron chi connectivity index (χ0n) is 15.1. The zero-order chi connectivity index (χ0) is 17.1. The van der Waals surface area contributed by atoms with E-state index in [0.29, 0.717) is 12.7 Å². The van der Waals surface area contributed by atoms with Crippen molar-refractivity contribution < 1.29 is 9.53 Å². The maximum Gasteiger partial charge on any atom is 0.228 e. The molecule has 4 heteroatoms. The van der Waals surface area contributed by atoms with Gasteiger partial charge in [0.15, 0.2) is 0 Å². The van der Waals surface area contributed by atoms with Crippen LogP contribution in [0.1, 0.15) is 56.9 Å². The second kappa shape index (κ2) is 7.46. The van der Waals surface area contributed by atoms with Gasteiger partial charge in [0, 0.05) is 11.6 Å². The summed E-state index contributed by atoms with van der Waals surface area (Å²) in [5.74, 6) is 0.406. The predicted octanol–water partition coefficient (Wildman–Crippen LogP) is 3.86. The fourth-order valence-corrected chi connectivity index (χ4v) is 4.61. The molecule has 1 aliphatic heterocycles. The summed E-state index contributed by atoms with van der Waals surface area (Å²) >= 11 is 0. The number of amides is 1. The molecule has 1 saturated heterocycles. The summed E-state index contributed by atoms with van der Waals surface area (Å²) in [5.41, 5.74) is 2.35. The number of piperidine rings is 1. The molecule has 25 heavy (non-hydrogen) atoms. The standard InChI is InChI=1S/C21H30N2O2/c24-20(19-14-21(19)9-11-22-12-10-21)23-17-6-4-5-16(13-17)15-25-18-7-2-1-3-8-18/h4-6,13,18-19,22H,1-3,7-12,14-15H2,(H,23,24). The van der Waals surface area contributed by atoms with E-state index in [0.717, 1.165) is 43.6 Å². The minimum absolute atomic E-state index is 0.201. The Morgan fingerprint density at radius 3 is 2.80 bits per heavy atom. The van der Waals surface area contributed by atoms with E-state index in [1.807, 2.05) is 12.1 Å². The molecule has 2 saturated carbocycles. The summed E-state index contributed by atoms with van der Waals surface area (Å²) in [6.45, 7) is 2.75. The summed E-state index contributed by atoms with van der Waals surface area (Å²) in [4.78, 5) is 12.6. The van der Waals surface area contributed by atoms with Crippen LogP contribution < -0.4 is 10.6 Å². The maximum absolute atomic E-state index is 12.6. The molecule has 0 aromatic heterocycles. The lowest BCUT2D eigenvalue weighted by Crippen LogP contribution is -2.31. The quantitative estimate of drug-likeness (QED) is 0.854. The molecule has 1 aromatic carbocycles. The van der Waals surface area contributed by atoms with Crippen molar-refractivity contribution in [2.24, 2.45) is 11.3 Å². The van der Waals surface area contributed by atoms with E-state index >= 15 is 0 Å². The molecule has 136 valence electrons. The molecule has 1 spiro atoms. The first-order chi connectivity index (χ1) is 12.3. The third-order valence-electron chi connectivity index (χ3n) is 6.34. The molecule has 3 fully saturated rings. The first kappa shape index (κ1) is 17.0. The molecule has 4 rings (SSSR count). The average Bonchev–Trinajstić information content (AvgIpc) is 3.35. The third-order valence-corrected chi connectivity index (χ3v) is 6.34. The number of hydrogen-bond acceptors (Lipinski definition) is 3. The largest absolute Gasteiger partial charge is 0.374 e. The smallest absolute Gasteiger partial charge is 0.228 e. The van der Waals surface area contributed by atoms with Crippen molar-refractivity contribution in [1.82, 2.24) is 5.32 Å². The van der Waals surface area contributed by atoms with Crippen molar-refractivity contribution in [1.29, 1.82) is 0 Å². The van der Waals surface area contributed by atoms with Gasteiger partial charge in [-0.25, -0.2) is 0 Å². The van der Waals surface area contributed by atoms with E-state index in [4.69, 9.17) is 4.74 Å². The number of carbonyl (C=O) groups excluding carboxylic acids is 1. The molecule has 1 aromatic rings. The van der Waals surface area contributed by atoms with Gasteiger partial charge in [0.05, 0.1) is 12.7 Å². The lowest BCUT2D eigenvalue weighted by atomic mass is 9.92. The second-order valence-electron chi connectivity index (χ2n) is 8.13. The fraction of sp³-hybridized carbons (Fsp3) is 0.667. The molecular formula is C21H30N2O2. The van der Waals surface area contributed by atoms with Crippen LogP contribution in [0.15, 0.2) is 24.3 Å². The van der Waals surface area contributed by atoms with Crippen LogP contribution in [-0.4, -0.2) is 25.1 Å². The Morgan fingerprint density at radius 1 is 1.20 bits per heavy atom. The molecule has 1 amide bonds. The molecule has 4 nitrogen and oxygen atoms in total. The Kier molecular flexibility index (Phi) is 5.09. The zero-order valence-corrected chi connectivity index (χ0v) is 15.1. The van der Waals surface area contributed by atoms with Crippen molar-refractivity contribution >= 4 is 11.6 Å². The van der Waals surface area contributed by atoms with E-state index in [2.05, 4.69) is 22.8 Å². The molecular weight excluding hydrogens is 312 g/mol. The first-order valence-corrected chi connectivity index (χ1v) is 9.97.